The zero-order valence-electron chi connectivity index (χ0n) is 22.6. The van der Waals surface area contributed by atoms with Crippen molar-refractivity contribution < 1.29 is 37.4 Å². The number of fused-ring (bicyclic) bond motifs is 5. The topological polar surface area (TPSA) is 106 Å². The first-order chi connectivity index (χ1) is 20.2. The van der Waals surface area contributed by atoms with Gasteiger partial charge in [-0.1, -0.05) is 17.7 Å². The van der Waals surface area contributed by atoms with Crippen molar-refractivity contribution in [1.29, 1.82) is 0 Å². The third kappa shape index (κ3) is 6.91. The number of halogens is 3. The molecular weight excluding hydrogens is 572 g/mol. The number of amides is 3. The molecule has 4 bridgehead atoms. The van der Waals surface area contributed by atoms with Crippen molar-refractivity contribution in [3.8, 4) is 17.2 Å². The summed E-state index contributed by atoms with van der Waals surface area (Å²) in [5, 5.41) is 5.77. The Kier molecular flexibility index (Phi) is 8.77. The lowest BCUT2D eigenvalue weighted by Crippen LogP contribution is -2.58. The van der Waals surface area contributed by atoms with Gasteiger partial charge in [0, 0.05) is 42.7 Å². The van der Waals surface area contributed by atoms with Crippen LogP contribution >= 0.6 is 11.6 Å². The number of carbonyl (C=O) groups is 3. The molecule has 5 rings (SSSR count). The van der Waals surface area contributed by atoms with Crippen LogP contribution < -0.4 is 24.8 Å². The Morgan fingerprint density at radius 3 is 2.71 bits per heavy atom. The highest BCUT2D eigenvalue weighted by Crippen LogP contribution is 2.29. The maximum absolute atomic E-state index is 14.5. The fraction of sp³-hybridized carbons (Fsp3) is 0.300. The summed E-state index contributed by atoms with van der Waals surface area (Å²) in [6, 6.07) is 11.8. The van der Waals surface area contributed by atoms with Gasteiger partial charge < -0.3 is 29.7 Å². The lowest BCUT2D eigenvalue weighted by atomic mass is 9.99. The van der Waals surface area contributed by atoms with Crippen LogP contribution in [-0.2, 0) is 22.6 Å². The van der Waals surface area contributed by atoms with Crippen LogP contribution in [0, 0.1) is 11.6 Å². The van der Waals surface area contributed by atoms with Crippen molar-refractivity contribution in [2.24, 2.45) is 0 Å². The van der Waals surface area contributed by atoms with Crippen molar-refractivity contribution in [3.05, 3.63) is 87.9 Å². The molecule has 2 aliphatic rings. The van der Waals surface area contributed by atoms with Gasteiger partial charge in [-0.05, 0) is 53.6 Å². The van der Waals surface area contributed by atoms with Crippen LogP contribution in [0.3, 0.4) is 0 Å². The lowest BCUT2D eigenvalue weighted by molar-refractivity contribution is -0.133. The van der Waals surface area contributed by atoms with Gasteiger partial charge in [-0.3, -0.25) is 14.4 Å². The average molecular weight is 600 g/mol. The molecule has 3 aromatic carbocycles. The Morgan fingerprint density at radius 2 is 1.93 bits per heavy atom. The zero-order valence-corrected chi connectivity index (χ0v) is 23.4. The lowest BCUT2D eigenvalue weighted by Gasteiger charge is -2.39. The summed E-state index contributed by atoms with van der Waals surface area (Å²) in [5.74, 6) is -1.52. The van der Waals surface area contributed by atoms with Crippen LogP contribution in [0.25, 0.3) is 0 Å². The molecule has 0 saturated carbocycles. The Hall–Kier alpha value is -4.38. The number of hydrogen-bond donors (Lipinski definition) is 2. The van der Waals surface area contributed by atoms with E-state index in [4.69, 9.17) is 25.8 Å². The molecule has 9 nitrogen and oxygen atoms in total. The van der Waals surface area contributed by atoms with Crippen LogP contribution in [0.1, 0.15) is 27.9 Å². The number of carbonyl (C=O) groups excluding carboxylic acids is 3. The fourth-order valence-electron chi connectivity index (χ4n) is 4.92. The summed E-state index contributed by atoms with van der Waals surface area (Å²) in [5.41, 5.74) is 1.18. The molecule has 1 fully saturated rings. The van der Waals surface area contributed by atoms with Crippen molar-refractivity contribution in [2.75, 3.05) is 26.8 Å². The van der Waals surface area contributed by atoms with Crippen molar-refractivity contribution in [2.45, 2.75) is 31.5 Å². The normalized spacial score (nSPS) is 19.0. The second-order valence-corrected chi connectivity index (χ2v) is 10.4. The number of benzene rings is 3. The van der Waals surface area contributed by atoms with Crippen LogP contribution in [0.15, 0.2) is 54.6 Å². The van der Waals surface area contributed by atoms with E-state index in [1.165, 1.54) is 37.4 Å². The minimum atomic E-state index is -0.676. The molecule has 0 radical (unpaired) electrons. The highest BCUT2D eigenvalue weighted by Gasteiger charge is 2.35. The number of likely N-dealkylation sites (tertiary alicyclic amines) is 1. The van der Waals surface area contributed by atoms with E-state index in [2.05, 4.69) is 10.6 Å². The smallest absolute Gasteiger partial charge is 0.258 e. The first-order valence-corrected chi connectivity index (χ1v) is 13.6. The van der Waals surface area contributed by atoms with Crippen LogP contribution in [0.4, 0.5) is 8.78 Å². The van der Waals surface area contributed by atoms with Crippen LogP contribution in [-0.4, -0.2) is 61.6 Å². The molecule has 42 heavy (non-hydrogen) atoms. The molecule has 0 unspecified atom stereocenters. The highest BCUT2D eigenvalue weighted by molar-refractivity contribution is 6.31. The van der Waals surface area contributed by atoms with Gasteiger partial charge in [0.15, 0.2) is 18.1 Å². The third-order valence-corrected chi connectivity index (χ3v) is 7.42. The number of methoxy groups -OCH3 is 1. The van der Waals surface area contributed by atoms with E-state index in [-0.39, 0.29) is 54.1 Å². The molecule has 0 aliphatic carbocycles. The van der Waals surface area contributed by atoms with Gasteiger partial charge in [0.1, 0.15) is 23.5 Å². The van der Waals surface area contributed by atoms with Crippen molar-refractivity contribution in [3.63, 3.8) is 0 Å². The van der Waals surface area contributed by atoms with Crippen LogP contribution in [0.5, 0.6) is 17.2 Å². The largest absolute Gasteiger partial charge is 0.493 e. The van der Waals surface area contributed by atoms with E-state index >= 15 is 0 Å². The molecule has 1 saturated heterocycles. The fourth-order valence-corrected chi connectivity index (χ4v) is 5.15. The SMILES string of the molecule is COc1ccc2cc1OCC(=O)NCc1cc(F)cc(c1)O[C@@H]1CCN(C(=O)Cc3ccc(F)cc3Cl)C[C@@H]1NC2=O. The predicted octanol–water partition coefficient (Wildman–Crippen LogP) is 3.66. The number of rotatable bonds is 3. The summed E-state index contributed by atoms with van der Waals surface area (Å²) in [7, 11) is 1.43. The average Bonchev–Trinajstić information content (AvgIpc) is 2.96. The Labute approximate surface area is 245 Å². The molecule has 2 aliphatic heterocycles. The molecule has 2 heterocycles. The quantitative estimate of drug-likeness (QED) is 0.476. The summed E-state index contributed by atoms with van der Waals surface area (Å²) >= 11 is 6.14. The van der Waals surface area contributed by atoms with E-state index in [0.717, 1.165) is 6.07 Å². The van der Waals surface area contributed by atoms with E-state index < -0.39 is 35.6 Å². The Bertz CT molecular complexity index is 1520. The van der Waals surface area contributed by atoms with E-state index in [0.29, 0.717) is 29.8 Å². The molecule has 3 amide bonds. The number of piperidine rings is 1. The summed E-state index contributed by atoms with van der Waals surface area (Å²) in [6.07, 6.45) is -0.338. The maximum atomic E-state index is 14.5. The summed E-state index contributed by atoms with van der Waals surface area (Å²) in [6.45, 7) is 0.0751. The third-order valence-electron chi connectivity index (χ3n) is 7.07. The van der Waals surface area contributed by atoms with Crippen LogP contribution in [0.2, 0.25) is 5.02 Å². The molecular formula is C30H28ClF2N3O6. The summed E-state index contributed by atoms with van der Waals surface area (Å²) in [4.78, 5) is 40.6. The molecule has 0 spiro atoms. The second kappa shape index (κ2) is 12.6. The van der Waals surface area contributed by atoms with E-state index in [1.54, 1.807) is 23.1 Å². The Balaban J connectivity index is 1.43. The van der Waals surface area contributed by atoms with Gasteiger partial charge >= 0.3 is 0 Å². The van der Waals surface area contributed by atoms with E-state index in [9.17, 15) is 23.2 Å². The van der Waals surface area contributed by atoms with Gasteiger partial charge in [-0.25, -0.2) is 8.78 Å². The maximum Gasteiger partial charge on any atom is 0.258 e. The standard InChI is InChI=1S/C30H28ClF2N3O6/c1-40-26-5-3-19-10-27(26)41-16-28(37)34-14-17-8-21(33)12-22(9-17)42-25-6-7-36(15-24(25)35-30(19)39)29(38)11-18-2-4-20(32)13-23(18)31/h2-5,8-10,12-13,24-25H,6-7,11,14-16H2,1H3,(H,34,37)(H,35,39)/t24-,25+/m0/s1. The predicted molar refractivity (Wildman–Crippen MR) is 149 cm³/mol. The van der Waals surface area contributed by atoms with Gasteiger partial charge in [0.2, 0.25) is 5.91 Å². The highest BCUT2D eigenvalue weighted by atomic mass is 35.5. The summed E-state index contributed by atoms with van der Waals surface area (Å²) < 4.78 is 45.1. The van der Waals surface area contributed by atoms with Crippen molar-refractivity contribution in [1.82, 2.24) is 15.5 Å². The number of nitrogens with zero attached hydrogens (tertiary/aromatic N) is 1. The molecule has 3 aromatic rings. The minimum absolute atomic E-state index is 0.0343. The van der Waals surface area contributed by atoms with Gasteiger partial charge in [0.05, 0.1) is 19.6 Å². The molecule has 2 N–H and O–H groups in total. The zero-order chi connectivity index (χ0) is 29.8. The second-order valence-electron chi connectivity index (χ2n) is 10.0. The molecule has 2 atom stereocenters. The molecule has 220 valence electrons. The van der Waals surface area contributed by atoms with Gasteiger partial charge in [-0.2, -0.15) is 0 Å². The number of nitrogens with one attached hydrogen (secondary N) is 2. The molecule has 0 aromatic heterocycles. The number of ether oxygens (including phenoxy) is 3. The van der Waals surface area contributed by atoms with Gasteiger partial charge in [0.25, 0.3) is 11.8 Å². The first kappa shape index (κ1) is 29.1. The van der Waals surface area contributed by atoms with Gasteiger partial charge in [-0.15, -0.1) is 0 Å². The first-order valence-electron chi connectivity index (χ1n) is 13.2. The molecule has 12 heteroatoms. The minimum Gasteiger partial charge on any atom is -0.493 e. The monoisotopic (exact) mass is 599 g/mol. The van der Waals surface area contributed by atoms with E-state index in [1.807, 2.05) is 0 Å². The number of hydrogen-bond acceptors (Lipinski definition) is 6. The Morgan fingerprint density at radius 1 is 1.10 bits per heavy atom. The van der Waals surface area contributed by atoms with Crippen molar-refractivity contribution >= 4 is 29.3 Å².